The highest BCUT2D eigenvalue weighted by Crippen LogP contribution is 2.42. The molecule has 6 rings (SSSR count). The molecule has 2 aliphatic rings. The van der Waals surface area contributed by atoms with Crippen LogP contribution in [0.2, 0.25) is 5.02 Å². The van der Waals surface area contributed by atoms with Crippen LogP contribution in [-0.4, -0.2) is 44.8 Å². The van der Waals surface area contributed by atoms with Crippen molar-refractivity contribution in [2.24, 2.45) is 0 Å². The van der Waals surface area contributed by atoms with Crippen LogP contribution >= 0.6 is 11.6 Å². The molecule has 2 aliphatic heterocycles. The molecule has 0 bridgehead atoms. The van der Waals surface area contributed by atoms with E-state index in [0.717, 1.165) is 30.7 Å². The second-order valence-electron chi connectivity index (χ2n) is 11.1. The first-order chi connectivity index (χ1) is 21.3. The number of fused-ring (bicyclic) bond motifs is 2. The van der Waals surface area contributed by atoms with Crippen molar-refractivity contribution in [1.29, 1.82) is 0 Å². The van der Waals surface area contributed by atoms with Crippen molar-refractivity contribution < 1.29 is 45.7 Å². The van der Waals surface area contributed by atoms with Gasteiger partial charge in [0.2, 0.25) is 0 Å². The lowest BCUT2D eigenvalue weighted by Gasteiger charge is -2.36. The molecule has 0 aliphatic carbocycles. The number of benzene rings is 3. The van der Waals surface area contributed by atoms with Gasteiger partial charge >= 0.3 is 12.1 Å². The van der Waals surface area contributed by atoms with Crippen LogP contribution in [0.1, 0.15) is 57.8 Å². The summed E-state index contributed by atoms with van der Waals surface area (Å²) in [4.78, 5) is 18.2. The molecule has 3 aromatic carbocycles. The summed E-state index contributed by atoms with van der Waals surface area (Å²) in [7, 11) is 0. The molecule has 0 unspecified atom stereocenters. The van der Waals surface area contributed by atoms with E-state index >= 15 is 4.39 Å². The summed E-state index contributed by atoms with van der Waals surface area (Å²) in [5, 5.41) is 9.26. The van der Waals surface area contributed by atoms with Gasteiger partial charge in [-0.2, -0.15) is 13.2 Å². The summed E-state index contributed by atoms with van der Waals surface area (Å²) in [5.41, 5.74) is -0.851. The molecule has 1 N–H and O–H groups in total. The number of aromatic carboxylic acids is 1. The van der Waals surface area contributed by atoms with Crippen LogP contribution in [0, 0.1) is 17.5 Å². The van der Waals surface area contributed by atoms with Gasteiger partial charge in [-0.05, 0) is 67.3 Å². The maximum atomic E-state index is 15.4. The van der Waals surface area contributed by atoms with E-state index in [1.165, 1.54) is 12.1 Å². The molecule has 1 fully saturated rings. The first kappa shape index (κ1) is 31.2. The third kappa shape index (κ3) is 5.96. The van der Waals surface area contributed by atoms with E-state index < -0.39 is 64.7 Å². The molecular weight excluding hydrogens is 628 g/mol. The number of carboxylic acid groups (broad SMARTS) is 1. The summed E-state index contributed by atoms with van der Waals surface area (Å²) < 4.78 is 98.9. The van der Waals surface area contributed by atoms with Crippen LogP contribution in [0.5, 0.6) is 5.75 Å². The number of hydrogen-bond acceptors (Lipinski definition) is 5. The number of aromatic nitrogens is 2. The van der Waals surface area contributed by atoms with Gasteiger partial charge in [0, 0.05) is 24.2 Å². The average molecular weight is 654 g/mol. The van der Waals surface area contributed by atoms with Gasteiger partial charge in [-0.15, -0.1) is 0 Å². The second-order valence-corrected chi connectivity index (χ2v) is 11.5. The quantitative estimate of drug-likeness (QED) is 0.201. The van der Waals surface area contributed by atoms with Crippen molar-refractivity contribution >= 4 is 28.6 Å². The van der Waals surface area contributed by atoms with Gasteiger partial charge in [-0.3, -0.25) is 4.90 Å². The smallest absolute Gasteiger partial charge is 0.419 e. The molecule has 14 heteroatoms. The van der Waals surface area contributed by atoms with E-state index in [4.69, 9.17) is 21.1 Å². The fourth-order valence-electron chi connectivity index (χ4n) is 5.84. The summed E-state index contributed by atoms with van der Waals surface area (Å²) >= 11 is 5.66. The highest BCUT2D eigenvalue weighted by molar-refractivity contribution is 6.30. The van der Waals surface area contributed by atoms with Crippen LogP contribution in [0.3, 0.4) is 0 Å². The topological polar surface area (TPSA) is 76.8 Å². The Labute approximate surface area is 257 Å². The number of carboxylic acids is 1. The van der Waals surface area contributed by atoms with Crippen LogP contribution < -0.4 is 4.74 Å². The van der Waals surface area contributed by atoms with Crippen LogP contribution in [0.15, 0.2) is 36.4 Å². The largest absolute Gasteiger partial charge is 0.488 e. The fourth-order valence-corrected chi connectivity index (χ4v) is 6.03. The molecule has 3 heterocycles. The van der Waals surface area contributed by atoms with Gasteiger partial charge < -0.3 is 19.1 Å². The molecule has 45 heavy (non-hydrogen) atoms. The summed E-state index contributed by atoms with van der Waals surface area (Å²) in [5.74, 6) is -4.57. The highest BCUT2D eigenvalue weighted by atomic mass is 35.5. The first-order valence-electron chi connectivity index (χ1n) is 14.1. The molecule has 2 atom stereocenters. The van der Waals surface area contributed by atoms with Gasteiger partial charge in [0.25, 0.3) is 0 Å². The van der Waals surface area contributed by atoms with E-state index in [1.54, 1.807) is 11.5 Å². The molecule has 0 saturated carbocycles. The van der Waals surface area contributed by atoms with Gasteiger partial charge in [-0.25, -0.2) is 22.9 Å². The minimum Gasteiger partial charge on any atom is -0.488 e. The number of carbonyl (C=O) groups is 1. The van der Waals surface area contributed by atoms with Crippen molar-refractivity contribution in [3.05, 3.63) is 92.5 Å². The number of ether oxygens (including phenoxy) is 2. The number of imidazole rings is 1. The molecule has 4 aromatic rings. The van der Waals surface area contributed by atoms with E-state index in [9.17, 15) is 31.9 Å². The Morgan fingerprint density at radius 3 is 2.49 bits per heavy atom. The van der Waals surface area contributed by atoms with Crippen LogP contribution in [-0.2, 0) is 37.0 Å². The van der Waals surface area contributed by atoms with Crippen LogP contribution in [0.4, 0.5) is 26.3 Å². The SMILES string of the molecule is C[C@H]1c2cc(OCc3c(F)cc(Cl)cc3F)c(C(F)(F)F)cc2CCN1Cc1nc2ccc(C(=O)O)c(F)c2n1C[C@@H]1CCO1. The monoisotopic (exact) mass is 653 g/mol. The molecule has 1 aromatic heterocycles. The Bertz CT molecular complexity index is 1780. The van der Waals surface area contributed by atoms with E-state index in [1.807, 2.05) is 4.90 Å². The van der Waals surface area contributed by atoms with Crippen molar-refractivity contribution in [2.75, 3.05) is 13.2 Å². The van der Waals surface area contributed by atoms with Gasteiger partial charge in [0.15, 0.2) is 5.82 Å². The Kier molecular flexibility index (Phi) is 8.21. The minimum absolute atomic E-state index is 0.0395. The molecule has 7 nitrogen and oxygen atoms in total. The third-order valence-corrected chi connectivity index (χ3v) is 8.59. The average Bonchev–Trinajstić information content (AvgIpc) is 3.28. The van der Waals surface area contributed by atoms with Gasteiger partial charge in [0.05, 0.1) is 41.4 Å². The molecule has 0 radical (unpaired) electrons. The lowest BCUT2D eigenvalue weighted by atomic mass is 9.91. The standard InChI is InChI=1S/C31H26ClF6N3O4/c1-15-20-11-26(45-14-21-23(33)9-17(32)10-24(21)34)22(31(36,37)38)8-16(20)4-6-40(15)13-27-39-25-3-2-19(30(42)43)28(35)29(25)41(27)12-18-5-7-44-18/h2-3,8-11,15,18H,4-7,12-14H2,1H3,(H,42,43)/t15-,18-/m0/s1. The lowest BCUT2D eigenvalue weighted by molar-refractivity contribution is -0.139. The summed E-state index contributed by atoms with van der Waals surface area (Å²) in [6, 6.07) is 6.06. The second kappa shape index (κ2) is 11.8. The Morgan fingerprint density at radius 2 is 1.87 bits per heavy atom. The lowest BCUT2D eigenvalue weighted by Crippen LogP contribution is -2.36. The number of nitrogens with zero attached hydrogens (tertiary/aromatic N) is 3. The molecule has 1 saturated heterocycles. The third-order valence-electron chi connectivity index (χ3n) is 8.37. The zero-order chi connectivity index (χ0) is 32.2. The van der Waals surface area contributed by atoms with Crippen molar-refractivity contribution in [3.63, 3.8) is 0 Å². The Balaban J connectivity index is 1.33. The van der Waals surface area contributed by atoms with Crippen molar-refractivity contribution in [1.82, 2.24) is 14.5 Å². The zero-order valence-corrected chi connectivity index (χ0v) is 24.5. The van der Waals surface area contributed by atoms with Gasteiger partial charge in [-0.1, -0.05) is 11.6 Å². The maximum absolute atomic E-state index is 15.4. The Morgan fingerprint density at radius 1 is 1.16 bits per heavy atom. The molecular formula is C31H26ClF6N3O4. The number of hydrogen-bond donors (Lipinski definition) is 1. The zero-order valence-electron chi connectivity index (χ0n) is 23.7. The Hall–Kier alpha value is -3.81. The first-order valence-corrected chi connectivity index (χ1v) is 14.5. The predicted molar refractivity (Wildman–Crippen MR) is 151 cm³/mol. The normalized spacial score (nSPS) is 18.6. The van der Waals surface area contributed by atoms with Crippen molar-refractivity contribution in [2.45, 2.75) is 57.8 Å². The molecule has 238 valence electrons. The van der Waals surface area contributed by atoms with Gasteiger partial charge in [0.1, 0.15) is 35.3 Å². The molecule has 0 amide bonds. The molecule has 0 spiro atoms. The fraction of sp³-hybridized carbons (Fsp3) is 0.355. The van der Waals surface area contributed by atoms with E-state index in [0.29, 0.717) is 30.1 Å². The predicted octanol–water partition coefficient (Wildman–Crippen LogP) is 7.31. The van der Waals surface area contributed by atoms with Crippen molar-refractivity contribution in [3.8, 4) is 5.75 Å². The number of halogens is 7. The minimum atomic E-state index is -4.80. The maximum Gasteiger partial charge on any atom is 0.419 e. The summed E-state index contributed by atoms with van der Waals surface area (Å²) in [6.45, 7) is 2.30. The van der Waals surface area contributed by atoms with Crippen LogP contribution in [0.25, 0.3) is 11.0 Å². The number of alkyl halides is 3. The van der Waals surface area contributed by atoms with E-state index in [-0.39, 0.29) is 41.7 Å². The highest BCUT2D eigenvalue weighted by Gasteiger charge is 2.38. The van der Waals surface area contributed by atoms with E-state index in [2.05, 4.69) is 4.98 Å². The summed E-state index contributed by atoms with van der Waals surface area (Å²) in [6.07, 6.45) is -4.02. The number of rotatable bonds is 8.